The summed E-state index contributed by atoms with van der Waals surface area (Å²) in [5.74, 6) is 0.0438. The number of H-pyrrole nitrogens is 1. The number of aromatic amines is 1. The standard InChI is InChI=1S/C15H18N2O/c1-4-9-17(11(2)3)15(18)13-10-16-14-8-6-5-7-12(13)14/h4-8,10-11,16H,1,9H2,2-3H3. The molecule has 3 heteroatoms. The third-order valence-corrected chi connectivity index (χ3v) is 3.03. The van der Waals surface area contributed by atoms with Crippen molar-refractivity contribution >= 4 is 16.8 Å². The van der Waals surface area contributed by atoms with Crippen LogP contribution in [0.15, 0.2) is 43.1 Å². The van der Waals surface area contributed by atoms with Crippen LogP contribution in [0.2, 0.25) is 0 Å². The zero-order valence-electron chi connectivity index (χ0n) is 10.8. The lowest BCUT2D eigenvalue weighted by molar-refractivity contribution is 0.0731. The number of hydrogen-bond acceptors (Lipinski definition) is 1. The van der Waals surface area contributed by atoms with Crippen molar-refractivity contribution in [3.05, 3.63) is 48.7 Å². The van der Waals surface area contributed by atoms with Crippen LogP contribution in [0.1, 0.15) is 24.2 Å². The summed E-state index contributed by atoms with van der Waals surface area (Å²) in [5.41, 5.74) is 1.71. The molecule has 0 aliphatic rings. The van der Waals surface area contributed by atoms with E-state index in [1.807, 2.05) is 43.0 Å². The van der Waals surface area contributed by atoms with Gasteiger partial charge in [-0.1, -0.05) is 24.3 Å². The zero-order valence-corrected chi connectivity index (χ0v) is 10.8. The maximum absolute atomic E-state index is 12.5. The maximum atomic E-state index is 12.5. The lowest BCUT2D eigenvalue weighted by Gasteiger charge is -2.25. The maximum Gasteiger partial charge on any atom is 0.256 e. The van der Waals surface area contributed by atoms with E-state index in [9.17, 15) is 4.79 Å². The number of hydrogen-bond donors (Lipinski definition) is 1. The molecule has 1 heterocycles. The van der Waals surface area contributed by atoms with Crippen LogP contribution in [0.25, 0.3) is 10.9 Å². The first-order valence-electron chi connectivity index (χ1n) is 6.13. The Hall–Kier alpha value is -2.03. The molecular weight excluding hydrogens is 224 g/mol. The van der Waals surface area contributed by atoms with E-state index in [1.54, 1.807) is 12.3 Å². The molecule has 1 aromatic heterocycles. The molecule has 0 radical (unpaired) electrons. The fourth-order valence-corrected chi connectivity index (χ4v) is 2.07. The van der Waals surface area contributed by atoms with E-state index in [-0.39, 0.29) is 11.9 Å². The lowest BCUT2D eigenvalue weighted by Crippen LogP contribution is -2.36. The van der Waals surface area contributed by atoms with Crippen molar-refractivity contribution in [2.24, 2.45) is 0 Å². The van der Waals surface area contributed by atoms with E-state index < -0.39 is 0 Å². The molecule has 1 aromatic carbocycles. The molecule has 0 atom stereocenters. The topological polar surface area (TPSA) is 36.1 Å². The predicted octanol–water partition coefficient (Wildman–Crippen LogP) is 3.20. The molecule has 0 bridgehead atoms. The highest BCUT2D eigenvalue weighted by Gasteiger charge is 2.20. The Bertz CT molecular complexity index is 569. The molecule has 0 saturated heterocycles. The smallest absolute Gasteiger partial charge is 0.256 e. The molecule has 0 fully saturated rings. The molecule has 94 valence electrons. The number of carbonyl (C=O) groups excluding carboxylic acids is 1. The van der Waals surface area contributed by atoms with E-state index >= 15 is 0 Å². The summed E-state index contributed by atoms with van der Waals surface area (Å²) in [6, 6.07) is 7.99. The second kappa shape index (κ2) is 5.08. The Morgan fingerprint density at radius 1 is 1.44 bits per heavy atom. The molecular formula is C15H18N2O. The number of nitrogens with one attached hydrogen (secondary N) is 1. The van der Waals surface area contributed by atoms with Crippen molar-refractivity contribution in [3.8, 4) is 0 Å². The highest BCUT2D eigenvalue weighted by atomic mass is 16.2. The molecule has 0 saturated carbocycles. The van der Waals surface area contributed by atoms with E-state index in [0.717, 1.165) is 16.5 Å². The molecule has 2 aromatic rings. The fourth-order valence-electron chi connectivity index (χ4n) is 2.07. The van der Waals surface area contributed by atoms with E-state index in [0.29, 0.717) is 6.54 Å². The van der Waals surface area contributed by atoms with Gasteiger partial charge in [0.15, 0.2) is 0 Å². The summed E-state index contributed by atoms with van der Waals surface area (Å²) in [7, 11) is 0. The molecule has 0 aliphatic heterocycles. The monoisotopic (exact) mass is 242 g/mol. The van der Waals surface area contributed by atoms with Gasteiger partial charge in [-0.2, -0.15) is 0 Å². The number of benzene rings is 1. The molecule has 0 aliphatic carbocycles. The van der Waals surface area contributed by atoms with Crippen molar-refractivity contribution in [1.29, 1.82) is 0 Å². The SMILES string of the molecule is C=CCN(C(=O)c1c[nH]c2ccccc12)C(C)C. The first-order valence-corrected chi connectivity index (χ1v) is 6.13. The summed E-state index contributed by atoms with van der Waals surface area (Å²) in [6.45, 7) is 8.29. The Balaban J connectivity index is 2.40. The summed E-state index contributed by atoms with van der Waals surface area (Å²) >= 11 is 0. The minimum atomic E-state index is 0.0438. The second-order valence-electron chi connectivity index (χ2n) is 4.59. The minimum absolute atomic E-state index is 0.0438. The van der Waals surface area contributed by atoms with Crippen LogP contribution in [-0.4, -0.2) is 28.4 Å². The number of para-hydroxylation sites is 1. The lowest BCUT2D eigenvalue weighted by atomic mass is 10.1. The number of amides is 1. The number of nitrogens with zero attached hydrogens (tertiary/aromatic N) is 1. The van der Waals surface area contributed by atoms with Crippen LogP contribution in [-0.2, 0) is 0 Å². The van der Waals surface area contributed by atoms with Gasteiger partial charge in [0, 0.05) is 29.7 Å². The Morgan fingerprint density at radius 3 is 2.83 bits per heavy atom. The van der Waals surface area contributed by atoms with Gasteiger partial charge in [0.2, 0.25) is 0 Å². The van der Waals surface area contributed by atoms with Gasteiger partial charge in [0.25, 0.3) is 5.91 Å². The van der Waals surface area contributed by atoms with Crippen molar-refractivity contribution in [2.75, 3.05) is 6.54 Å². The average Bonchev–Trinajstić information content (AvgIpc) is 2.78. The molecule has 1 N–H and O–H groups in total. The van der Waals surface area contributed by atoms with Gasteiger partial charge in [-0.05, 0) is 19.9 Å². The van der Waals surface area contributed by atoms with Crippen LogP contribution in [0.3, 0.4) is 0 Å². The van der Waals surface area contributed by atoms with Gasteiger partial charge < -0.3 is 9.88 Å². The van der Waals surface area contributed by atoms with Gasteiger partial charge in [-0.15, -0.1) is 6.58 Å². The van der Waals surface area contributed by atoms with E-state index in [1.165, 1.54) is 0 Å². The third kappa shape index (κ3) is 2.16. The second-order valence-corrected chi connectivity index (χ2v) is 4.59. The highest BCUT2D eigenvalue weighted by Crippen LogP contribution is 2.20. The highest BCUT2D eigenvalue weighted by molar-refractivity contribution is 6.06. The number of fused-ring (bicyclic) bond motifs is 1. The third-order valence-electron chi connectivity index (χ3n) is 3.03. The Morgan fingerprint density at radius 2 is 2.17 bits per heavy atom. The quantitative estimate of drug-likeness (QED) is 0.821. The molecule has 1 amide bonds. The minimum Gasteiger partial charge on any atom is -0.360 e. The molecule has 0 unspecified atom stereocenters. The summed E-state index contributed by atoms with van der Waals surface area (Å²) < 4.78 is 0. The average molecular weight is 242 g/mol. The molecule has 0 spiro atoms. The van der Waals surface area contributed by atoms with Crippen molar-refractivity contribution < 1.29 is 4.79 Å². The fraction of sp³-hybridized carbons (Fsp3) is 0.267. The normalized spacial score (nSPS) is 10.8. The van der Waals surface area contributed by atoms with Crippen LogP contribution in [0, 0.1) is 0 Å². The Labute approximate surface area is 107 Å². The van der Waals surface area contributed by atoms with Gasteiger partial charge in [-0.25, -0.2) is 0 Å². The van der Waals surface area contributed by atoms with Crippen molar-refractivity contribution in [3.63, 3.8) is 0 Å². The summed E-state index contributed by atoms with van der Waals surface area (Å²) in [5, 5.41) is 0.970. The molecule has 3 nitrogen and oxygen atoms in total. The molecule has 2 rings (SSSR count). The number of carbonyl (C=O) groups is 1. The number of rotatable bonds is 4. The van der Waals surface area contributed by atoms with Crippen LogP contribution >= 0.6 is 0 Å². The van der Waals surface area contributed by atoms with Gasteiger partial charge >= 0.3 is 0 Å². The Kier molecular flexibility index (Phi) is 3.51. The van der Waals surface area contributed by atoms with Crippen LogP contribution < -0.4 is 0 Å². The van der Waals surface area contributed by atoms with Crippen LogP contribution in [0.5, 0.6) is 0 Å². The van der Waals surface area contributed by atoms with Gasteiger partial charge in [0.05, 0.1) is 5.56 Å². The predicted molar refractivity (Wildman–Crippen MR) is 74.7 cm³/mol. The van der Waals surface area contributed by atoms with E-state index in [2.05, 4.69) is 11.6 Å². The van der Waals surface area contributed by atoms with Crippen molar-refractivity contribution in [2.45, 2.75) is 19.9 Å². The summed E-state index contributed by atoms with van der Waals surface area (Å²) in [6.07, 6.45) is 3.54. The van der Waals surface area contributed by atoms with Crippen LogP contribution in [0.4, 0.5) is 0 Å². The zero-order chi connectivity index (χ0) is 13.1. The largest absolute Gasteiger partial charge is 0.360 e. The van der Waals surface area contributed by atoms with Gasteiger partial charge in [0.1, 0.15) is 0 Å². The van der Waals surface area contributed by atoms with Gasteiger partial charge in [-0.3, -0.25) is 4.79 Å². The van der Waals surface area contributed by atoms with E-state index in [4.69, 9.17) is 0 Å². The summed E-state index contributed by atoms with van der Waals surface area (Å²) in [4.78, 5) is 17.4. The first-order chi connectivity index (χ1) is 8.65. The molecule has 18 heavy (non-hydrogen) atoms. The van der Waals surface area contributed by atoms with Crippen molar-refractivity contribution in [1.82, 2.24) is 9.88 Å². The number of aromatic nitrogens is 1. The first kappa shape index (κ1) is 12.4.